The Kier molecular flexibility index (Phi) is 4.60. The zero-order valence-corrected chi connectivity index (χ0v) is 13.0. The van der Waals surface area contributed by atoms with E-state index in [0.29, 0.717) is 33.3 Å². The molecule has 0 heterocycles. The second-order valence-corrected chi connectivity index (χ2v) is 5.07. The molecule has 2 aromatic rings. The van der Waals surface area contributed by atoms with Gasteiger partial charge in [-0.2, -0.15) is 0 Å². The summed E-state index contributed by atoms with van der Waals surface area (Å²) in [5.74, 6) is 0.601. The molecule has 0 atom stereocenters. The lowest BCUT2D eigenvalue weighted by Gasteiger charge is -2.11. The van der Waals surface area contributed by atoms with E-state index in [0.717, 1.165) is 0 Å². The van der Waals surface area contributed by atoms with Crippen molar-refractivity contribution in [3.05, 3.63) is 51.5 Å². The van der Waals surface area contributed by atoms with Crippen LogP contribution < -0.4 is 15.2 Å². The summed E-state index contributed by atoms with van der Waals surface area (Å²) < 4.78 is 10.3. The van der Waals surface area contributed by atoms with Crippen molar-refractivity contribution in [1.29, 1.82) is 0 Å². The van der Waals surface area contributed by atoms with Gasteiger partial charge in [-0.15, -0.1) is 0 Å². The molecule has 4 nitrogen and oxygen atoms in total. The van der Waals surface area contributed by atoms with Gasteiger partial charge in [-0.25, -0.2) is 0 Å². The highest BCUT2D eigenvalue weighted by molar-refractivity contribution is 6.36. The van der Waals surface area contributed by atoms with E-state index < -0.39 is 0 Å². The van der Waals surface area contributed by atoms with Crippen molar-refractivity contribution in [2.75, 3.05) is 20.0 Å². The maximum Gasteiger partial charge on any atom is 0.194 e. The fourth-order valence-electron chi connectivity index (χ4n) is 1.85. The molecule has 0 radical (unpaired) electrons. The first-order valence-electron chi connectivity index (χ1n) is 5.99. The minimum atomic E-state index is -0.275. The number of carbonyl (C=O) groups excluding carboxylic acids is 1. The van der Waals surface area contributed by atoms with Crippen LogP contribution >= 0.6 is 23.2 Å². The van der Waals surface area contributed by atoms with E-state index >= 15 is 0 Å². The summed E-state index contributed by atoms with van der Waals surface area (Å²) in [5.41, 5.74) is 6.74. The van der Waals surface area contributed by atoms with Crippen LogP contribution in [0.1, 0.15) is 15.9 Å². The van der Waals surface area contributed by atoms with E-state index in [1.54, 1.807) is 12.1 Å². The van der Waals surface area contributed by atoms with Crippen molar-refractivity contribution in [2.24, 2.45) is 0 Å². The van der Waals surface area contributed by atoms with Crippen molar-refractivity contribution in [3.8, 4) is 11.5 Å². The van der Waals surface area contributed by atoms with Gasteiger partial charge < -0.3 is 15.2 Å². The maximum absolute atomic E-state index is 12.5. The Balaban J connectivity index is 2.50. The highest BCUT2D eigenvalue weighted by atomic mass is 35.5. The van der Waals surface area contributed by atoms with E-state index in [1.165, 1.54) is 32.4 Å². The monoisotopic (exact) mass is 325 g/mol. The third-order valence-corrected chi connectivity index (χ3v) is 3.62. The first-order valence-corrected chi connectivity index (χ1v) is 6.74. The van der Waals surface area contributed by atoms with E-state index in [2.05, 4.69) is 0 Å². The van der Waals surface area contributed by atoms with Crippen LogP contribution in [-0.4, -0.2) is 20.0 Å². The lowest BCUT2D eigenvalue weighted by atomic mass is 10.0. The Labute approximate surface area is 132 Å². The van der Waals surface area contributed by atoms with Gasteiger partial charge in [-0.1, -0.05) is 23.2 Å². The van der Waals surface area contributed by atoms with E-state index in [9.17, 15) is 4.79 Å². The number of benzene rings is 2. The summed E-state index contributed by atoms with van der Waals surface area (Å²) in [6.07, 6.45) is 0. The number of nitrogens with two attached hydrogens (primary N) is 1. The normalized spacial score (nSPS) is 10.3. The molecule has 2 aromatic carbocycles. The number of rotatable bonds is 4. The molecule has 2 N–H and O–H groups in total. The Bertz CT molecular complexity index is 702. The largest absolute Gasteiger partial charge is 0.493 e. The summed E-state index contributed by atoms with van der Waals surface area (Å²) in [7, 11) is 2.98. The molecule has 0 saturated carbocycles. The summed E-state index contributed by atoms with van der Waals surface area (Å²) >= 11 is 12.1. The molecule has 0 unspecified atom stereocenters. The first kappa shape index (κ1) is 15.5. The molecule has 0 amide bonds. The van der Waals surface area contributed by atoms with Gasteiger partial charge >= 0.3 is 0 Å². The lowest BCUT2D eigenvalue weighted by Crippen LogP contribution is -2.04. The number of hydrogen-bond donors (Lipinski definition) is 1. The number of methoxy groups -OCH3 is 2. The quantitative estimate of drug-likeness (QED) is 0.685. The third-order valence-electron chi connectivity index (χ3n) is 2.98. The molecule has 0 aromatic heterocycles. The fraction of sp³-hybridized carbons (Fsp3) is 0.133. The van der Waals surface area contributed by atoms with Crippen molar-refractivity contribution < 1.29 is 14.3 Å². The molecule has 0 bridgehead atoms. The number of carbonyl (C=O) groups is 1. The van der Waals surface area contributed by atoms with E-state index in [1.807, 2.05) is 0 Å². The topological polar surface area (TPSA) is 61.5 Å². The first-order chi connectivity index (χ1) is 9.97. The number of nitrogen functional groups attached to an aromatic ring is 1. The Morgan fingerprint density at radius 1 is 1.00 bits per heavy atom. The van der Waals surface area contributed by atoms with Gasteiger partial charge in [0.05, 0.1) is 30.0 Å². The molecule has 0 saturated heterocycles. The number of ketones is 1. The fourth-order valence-corrected chi connectivity index (χ4v) is 2.27. The zero-order valence-electron chi connectivity index (χ0n) is 11.4. The van der Waals surface area contributed by atoms with Gasteiger partial charge in [-0.05, 0) is 24.3 Å². The predicted octanol–water partition coefficient (Wildman–Crippen LogP) is 3.82. The van der Waals surface area contributed by atoms with Crippen LogP contribution in [0.15, 0.2) is 30.3 Å². The van der Waals surface area contributed by atoms with Crippen molar-refractivity contribution in [3.63, 3.8) is 0 Å². The smallest absolute Gasteiger partial charge is 0.194 e. The summed E-state index contributed by atoms with van der Waals surface area (Å²) in [4.78, 5) is 12.5. The van der Waals surface area contributed by atoms with Crippen LogP contribution in [0.2, 0.25) is 10.0 Å². The van der Waals surface area contributed by atoms with E-state index in [-0.39, 0.29) is 10.8 Å². The number of hydrogen-bond acceptors (Lipinski definition) is 4. The average molecular weight is 326 g/mol. The van der Waals surface area contributed by atoms with Crippen LogP contribution in [-0.2, 0) is 0 Å². The molecule has 0 aliphatic rings. The van der Waals surface area contributed by atoms with Gasteiger partial charge in [0, 0.05) is 17.2 Å². The van der Waals surface area contributed by atoms with Crippen LogP contribution in [0, 0.1) is 0 Å². The summed E-state index contributed by atoms with van der Waals surface area (Å²) in [6, 6.07) is 7.74. The van der Waals surface area contributed by atoms with Gasteiger partial charge in [-0.3, -0.25) is 4.79 Å². The average Bonchev–Trinajstić information content (AvgIpc) is 2.49. The van der Waals surface area contributed by atoms with Gasteiger partial charge in [0.15, 0.2) is 17.3 Å². The van der Waals surface area contributed by atoms with Gasteiger partial charge in [0.25, 0.3) is 0 Å². The second kappa shape index (κ2) is 6.24. The number of ether oxygens (including phenoxy) is 2. The number of halogens is 2. The third kappa shape index (κ3) is 3.06. The molecule has 110 valence electrons. The van der Waals surface area contributed by atoms with Gasteiger partial charge in [0.2, 0.25) is 0 Å². The minimum Gasteiger partial charge on any atom is -0.493 e. The SMILES string of the molecule is COc1cc(Cl)c(C(=O)c2ccc(N)c(Cl)c2)cc1OC. The van der Waals surface area contributed by atoms with Crippen LogP contribution in [0.5, 0.6) is 11.5 Å². The Morgan fingerprint density at radius 2 is 1.62 bits per heavy atom. The molecule has 0 aliphatic heterocycles. The van der Waals surface area contributed by atoms with Crippen LogP contribution in [0.4, 0.5) is 5.69 Å². The maximum atomic E-state index is 12.5. The molecular formula is C15H13Cl2NO3. The number of anilines is 1. The standard InChI is InChI=1S/C15H13Cl2NO3/c1-20-13-6-9(10(16)7-14(13)21-2)15(19)8-3-4-12(18)11(17)5-8/h3-7H,18H2,1-2H3. The molecule has 21 heavy (non-hydrogen) atoms. The van der Waals surface area contributed by atoms with Crippen molar-refractivity contribution in [1.82, 2.24) is 0 Å². The second-order valence-electron chi connectivity index (χ2n) is 4.25. The zero-order chi connectivity index (χ0) is 15.6. The Hall–Kier alpha value is -1.91. The molecule has 6 heteroatoms. The predicted molar refractivity (Wildman–Crippen MR) is 83.9 cm³/mol. The van der Waals surface area contributed by atoms with Crippen molar-refractivity contribution in [2.45, 2.75) is 0 Å². The van der Waals surface area contributed by atoms with Crippen molar-refractivity contribution >= 4 is 34.7 Å². The molecular weight excluding hydrogens is 313 g/mol. The molecule has 0 aliphatic carbocycles. The molecule has 0 spiro atoms. The van der Waals surface area contributed by atoms with E-state index in [4.69, 9.17) is 38.4 Å². The highest BCUT2D eigenvalue weighted by Crippen LogP contribution is 2.34. The molecule has 0 fully saturated rings. The summed E-state index contributed by atoms with van der Waals surface area (Å²) in [5, 5.41) is 0.586. The van der Waals surface area contributed by atoms with Gasteiger partial charge in [0.1, 0.15) is 0 Å². The minimum absolute atomic E-state index is 0.269. The Morgan fingerprint density at radius 3 is 2.19 bits per heavy atom. The molecule has 2 rings (SSSR count). The van der Waals surface area contributed by atoms with Crippen LogP contribution in [0.3, 0.4) is 0 Å². The summed E-state index contributed by atoms with van der Waals surface area (Å²) in [6.45, 7) is 0. The lowest BCUT2D eigenvalue weighted by molar-refractivity contribution is 0.103. The van der Waals surface area contributed by atoms with Crippen LogP contribution in [0.25, 0.3) is 0 Å². The highest BCUT2D eigenvalue weighted by Gasteiger charge is 2.18.